The van der Waals surface area contributed by atoms with E-state index in [9.17, 15) is 14.3 Å². The maximum Gasteiger partial charge on any atom is 0.170 e. The molecule has 0 aliphatic carbocycles. The van der Waals surface area contributed by atoms with E-state index in [0.29, 0.717) is 17.5 Å². The molecule has 7 nitrogen and oxygen atoms in total. The number of phenols is 1. The molecule has 142 valence electrons. The number of aromatic hydroxyl groups is 1. The van der Waals surface area contributed by atoms with E-state index >= 15 is 0 Å². The third kappa shape index (κ3) is 3.49. The molecule has 1 N–H and O–H groups in total. The smallest absolute Gasteiger partial charge is 0.170 e. The average Bonchev–Trinajstić information content (AvgIpc) is 3.03. The number of carbonyl (C=O) groups excluding carboxylic acids is 1. The van der Waals surface area contributed by atoms with E-state index in [4.69, 9.17) is 4.74 Å². The summed E-state index contributed by atoms with van der Waals surface area (Å²) >= 11 is 0. The van der Waals surface area contributed by atoms with Crippen LogP contribution in [0.3, 0.4) is 0 Å². The van der Waals surface area contributed by atoms with Crippen molar-refractivity contribution in [3.05, 3.63) is 53.9 Å². The monoisotopic (exact) mass is 380 g/mol. The van der Waals surface area contributed by atoms with E-state index < -0.39 is 11.2 Å². The quantitative estimate of drug-likeness (QED) is 0.508. The standard InChI is InChI=1S/C18H19B2FN4O3/c1-10(2)25-17(13(21)7-24-25)16-12(6-22-9-23-16)18(19,20)28-15-5-3-4-14(27)11(15)8-26/h3-10,27H,19-20H2,1-2H3. The van der Waals surface area contributed by atoms with E-state index in [1.165, 1.54) is 12.4 Å². The molecule has 0 amide bonds. The van der Waals surface area contributed by atoms with Gasteiger partial charge in [-0.3, -0.25) is 9.48 Å². The van der Waals surface area contributed by atoms with Crippen molar-refractivity contribution in [2.45, 2.75) is 25.3 Å². The zero-order chi connectivity index (χ0) is 20.5. The highest BCUT2D eigenvalue weighted by molar-refractivity contribution is 6.39. The van der Waals surface area contributed by atoms with Crippen molar-refractivity contribution in [2.24, 2.45) is 0 Å². The van der Waals surface area contributed by atoms with Crippen molar-refractivity contribution < 1.29 is 19.0 Å². The van der Waals surface area contributed by atoms with Crippen LogP contribution in [0.15, 0.2) is 36.9 Å². The molecule has 28 heavy (non-hydrogen) atoms. The fourth-order valence-corrected chi connectivity index (χ4v) is 2.98. The van der Waals surface area contributed by atoms with Crippen LogP contribution < -0.4 is 4.74 Å². The molecule has 10 heteroatoms. The summed E-state index contributed by atoms with van der Waals surface area (Å²) in [6, 6.07) is 4.47. The Kier molecular flexibility index (Phi) is 5.22. The molecular formula is C18H19B2FN4O3. The summed E-state index contributed by atoms with van der Waals surface area (Å²) in [5, 5.41) is 13.0. The molecule has 0 saturated carbocycles. The van der Waals surface area contributed by atoms with Crippen molar-refractivity contribution in [3.63, 3.8) is 0 Å². The van der Waals surface area contributed by atoms with Crippen molar-refractivity contribution in [1.29, 1.82) is 0 Å². The molecule has 3 rings (SSSR count). The molecule has 0 atom stereocenters. The Morgan fingerprint density at radius 1 is 1.32 bits per heavy atom. The second-order valence-corrected chi connectivity index (χ2v) is 7.08. The zero-order valence-electron chi connectivity index (χ0n) is 16.0. The number of phenolic OH excluding ortho intramolecular Hbond substituents is 1. The van der Waals surface area contributed by atoms with Crippen LogP contribution in [-0.2, 0) is 5.40 Å². The van der Waals surface area contributed by atoms with Crippen LogP contribution in [0.4, 0.5) is 4.39 Å². The summed E-state index contributed by atoms with van der Waals surface area (Å²) < 4.78 is 22.1. The number of hydrogen-bond donors (Lipinski definition) is 1. The van der Waals surface area contributed by atoms with Crippen molar-refractivity contribution in [1.82, 2.24) is 19.7 Å². The van der Waals surface area contributed by atoms with Crippen LogP contribution in [0.2, 0.25) is 0 Å². The lowest BCUT2D eigenvalue weighted by Crippen LogP contribution is -2.35. The lowest BCUT2D eigenvalue weighted by atomic mass is 9.60. The van der Waals surface area contributed by atoms with Gasteiger partial charge in [-0.1, -0.05) is 6.07 Å². The van der Waals surface area contributed by atoms with Gasteiger partial charge in [0.1, 0.15) is 29.2 Å². The molecule has 0 spiro atoms. The summed E-state index contributed by atoms with van der Waals surface area (Å²) in [5.41, 5.74) is 1.12. The van der Waals surface area contributed by atoms with Crippen molar-refractivity contribution in [2.75, 3.05) is 0 Å². The summed E-state index contributed by atoms with van der Waals surface area (Å²) in [5.74, 6) is -0.486. The van der Waals surface area contributed by atoms with Crippen LogP contribution >= 0.6 is 0 Å². The van der Waals surface area contributed by atoms with Gasteiger partial charge < -0.3 is 9.84 Å². The first-order chi connectivity index (χ1) is 13.3. The second-order valence-electron chi connectivity index (χ2n) is 7.08. The molecule has 0 saturated heterocycles. The molecule has 3 aromatic rings. The highest BCUT2D eigenvalue weighted by Gasteiger charge is 2.31. The minimum Gasteiger partial charge on any atom is -0.507 e. The summed E-state index contributed by atoms with van der Waals surface area (Å²) in [6.45, 7) is 3.78. The van der Waals surface area contributed by atoms with Crippen molar-refractivity contribution >= 4 is 22.0 Å². The number of aldehydes is 1. The van der Waals surface area contributed by atoms with Crippen LogP contribution in [0.25, 0.3) is 11.4 Å². The van der Waals surface area contributed by atoms with E-state index in [1.54, 1.807) is 38.7 Å². The molecule has 0 fully saturated rings. The zero-order valence-corrected chi connectivity index (χ0v) is 16.0. The van der Waals surface area contributed by atoms with E-state index in [-0.39, 0.29) is 28.8 Å². The van der Waals surface area contributed by atoms with Crippen molar-refractivity contribution in [3.8, 4) is 22.9 Å². The van der Waals surface area contributed by atoms with Gasteiger partial charge in [0.15, 0.2) is 27.8 Å². The van der Waals surface area contributed by atoms with Gasteiger partial charge in [0, 0.05) is 17.8 Å². The summed E-state index contributed by atoms with van der Waals surface area (Å²) in [6.07, 6.45) is 4.55. The fraction of sp³-hybridized carbons (Fsp3) is 0.222. The molecule has 1 aromatic carbocycles. The first-order valence-electron chi connectivity index (χ1n) is 8.76. The molecule has 0 aliphatic heterocycles. The fourth-order valence-electron chi connectivity index (χ4n) is 2.98. The number of carbonyl (C=O) groups is 1. The molecule has 2 heterocycles. The first kappa shape index (κ1) is 19.6. The van der Waals surface area contributed by atoms with Gasteiger partial charge in [-0.05, 0) is 26.0 Å². The van der Waals surface area contributed by atoms with Gasteiger partial charge in [-0.15, -0.1) is 0 Å². The molecule has 0 bridgehead atoms. The topological polar surface area (TPSA) is 90.1 Å². The van der Waals surface area contributed by atoms with E-state index in [1.807, 2.05) is 13.8 Å². The van der Waals surface area contributed by atoms with Crippen LogP contribution in [-0.4, -0.2) is 46.8 Å². The number of halogens is 1. The number of hydrogen-bond acceptors (Lipinski definition) is 6. The van der Waals surface area contributed by atoms with Crippen LogP contribution in [0, 0.1) is 5.82 Å². The van der Waals surface area contributed by atoms with E-state index in [0.717, 1.165) is 6.20 Å². The number of rotatable bonds is 6. The Bertz CT molecular complexity index is 1020. The van der Waals surface area contributed by atoms with Gasteiger partial charge in [-0.2, -0.15) is 5.10 Å². The molecule has 0 aliphatic rings. The molecule has 2 aromatic heterocycles. The number of nitrogens with zero attached hydrogens (tertiary/aromatic N) is 4. The SMILES string of the molecule is BC(B)(Oc1cccc(O)c1C=O)c1cncnc1-c1c(F)cnn1C(C)C. The minimum absolute atomic E-state index is 0.0346. The third-order valence-electron chi connectivity index (χ3n) is 4.35. The predicted molar refractivity (Wildman–Crippen MR) is 106 cm³/mol. The lowest BCUT2D eigenvalue weighted by molar-refractivity contribution is 0.111. The molecule has 0 unspecified atom stereocenters. The number of benzene rings is 1. The molecular weight excluding hydrogens is 361 g/mol. The largest absolute Gasteiger partial charge is 0.507 e. The predicted octanol–water partition coefficient (Wildman–Crippen LogP) is 1.03. The summed E-state index contributed by atoms with van der Waals surface area (Å²) in [4.78, 5) is 19.7. The Morgan fingerprint density at radius 2 is 2.07 bits per heavy atom. The number of aromatic nitrogens is 4. The van der Waals surface area contributed by atoms with Gasteiger partial charge in [0.25, 0.3) is 0 Å². The third-order valence-corrected chi connectivity index (χ3v) is 4.35. The second kappa shape index (κ2) is 7.46. The Balaban J connectivity index is 2.12. The normalized spacial score (nSPS) is 11.6. The Labute approximate surface area is 163 Å². The highest BCUT2D eigenvalue weighted by atomic mass is 19.1. The van der Waals surface area contributed by atoms with E-state index in [2.05, 4.69) is 15.1 Å². The van der Waals surface area contributed by atoms with Gasteiger partial charge in [-0.25, -0.2) is 14.4 Å². The lowest BCUT2D eigenvalue weighted by Gasteiger charge is -2.29. The first-order valence-corrected chi connectivity index (χ1v) is 8.76. The van der Waals surface area contributed by atoms with Gasteiger partial charge in [0.2, 0.25) is 0 Å². The van der Waals surface area contributed by atoms with Gasteiger partial charge >= 0.3 is 0 Å². The van der Waals surface area contributed by atoms with Crippen LogP contribution in [0.1, 0.15) is 35.8 Å². The molecule has 0 radical (unpaired) electrons. The van der Waals surface area contributed by atoms with Gasteiger partial charge in [0.05, 0.1) is 17.2 Å². The van der Waals surface area contributed by atoms with Crippen LogP contribution in [0.5, 0.6) is 11.5 Å². The Hall–Kier alpha value is -3.16. The average molecular weight is 380 g/mol. The Morgan fingerprint density at radius 3 is 2.75 bits per heavy atom. The minimum atomic E-state index is -1.04. The summed E-state index contributed by atoms with van der Waals surface area (Å²) in [7, 11) is 3.50. The number of ether oxygens (including phenoxy) is 1. The highest BCUT2D eigenvalue weighted by Crippen LogP contribution is 2.34. The maximum absolute atomic E-state index is 14.6. The maximum atomic E-state index is 14.6.